The highest BCUT2D eigenvalue weighted by molar-refractivity contribution is 7.89. The average molecular weight is 456 g/mol. The van der Waals surface area contributed by atoms with Crippen molar-refractivity contribution in [2.24, 2.45) is 5.10 Å². The van der Waals surface area contributed by atoms with Crippen molar-refractivity contribution >= 4 is 39.2 Å². The van der Waals surface area contributed by atoms with Crippen molar-refractivity contribution in [3.05, 3.63) is 71.1 Å². The van der Waals surface area contributed by atoms with E-state index >= 15 is 0 Å². The summed E-state index contributed by atoms with van der Waals surface area (Å²) in [5.74, 6) is -0.712. The third kappa shape index (κ3) is 3.92. The van der Waals surface area contributed by atoms with Crippen molar-refractivity contribution in [3.63, 3.8) is 0 Å². The number of carbonyl (C=O) groups excluding carboxylic acids is 1. The molecule has 0 fully saturated rings. The maximum Gasteiger partial charge on any atom is 0.349 e. The fourth-order valence-electron chi connectivity index (χ4n) is 2.89. The molecule has 0 radical (unpaired) electrons. The number of rotatable bonds is 6. The standard InChI is InChI=1S/C20H17N5O4S2/c1-24(31(27,28)17-7-9-30-19(17)20(26)29-2)23-12-16-11-22-18-6-5-15(13-25(16)18)14-4-3-8-21-10-14/h3-13H,1-2H3. The number of nitrogens with zero attached hydrogens (tertiary/aromatic N) is 5. The van der Waals surface area contributed by atoms with Gasteiger partial charge in [-0.15, -0.1) is 11.3 Å². The second-order valence-electron chi connectivity index (χ2n) is 6.36. The molecule has 0 N–H and O–H groups in total. The maximum absolute atomic E-state index is 12.9. The molecule has 158 valence electrons. The van der Waals surface area contributed by atoms with Crippen LogP contribution in [-0.4, -0.2) is 53.5 Å². The highest BCUT2D eigenvalue weighted by Gasteiger charge is 2.27. The number of imidazole rings is 1. The zero-order valence-electron chi connectivity index (χ0n) is 16.5. The Hall–Kier alpha value is -3.57. The molecular formula is C20H17N5O4S2. The molecule has 4 aromatic heterocycles. The van der Waals surface area contributed by atoms with Crippen LogP contribution in [0.25, 0.3) is 16.8 Å². The molecule has 0 saturated carbocycles. The summed E-state index contributed by atoms with van der Waals surface area (Å²) in [6, 6.07) is 8.93. The molecule has 0 unspecified atom stereocenters. The number of esters is 1. The number of aromatic nitrogens is 3. The predicted molar refractivity (Wildman–Crippen MR) is 117 cm³/mol. The van der Waals surface area contributed by atoms with Gasteiger partial charge in [-0.3, -0.25) is 9.38 Å². The lowest BCUT2D eigenvalue weighted by Gasteiger charge is -2.13. The quantitative estimate of drug-likeness (QED) is 0.251. The molecule has 0 bridgehead atoms. The molecule has 4 rings (SSSR count). The highest BCUT2D eigenvalue weighted by Crippen LogP contribution is 2.25. The highest BCUT2D eigenvalue weighted by atomic mass is 32.2. The van der Waals surface area contributed by atoms with Crippen LogP contribution in [-0.2, 0) is 14.8 Å². The topological polar surface area (TPSA) is 106 Å². The summed E-state index contributed by atoms with van der Waals surface area (Å²) in [4.78, 5) is 20.2. The van der Waals surface area contributed by atoms with Gasteiger partial charge in [0.15, 0.2) is 0 Å². The number of pyridine rings is 2. The zero-order valence-corrected chi connectivity index (χ0v) is 18.2. The Bertz CT molecular complexity index is 1380. The van der Waals surface area contributed by atoms with Crippen LogP contribution < -0.4 is 0 Å². The first-order valence-corrected chi connectivity index (χ1v) is 11.3. The monoisotopic (exact) mass is 455 g/mol. The summed E-state index contributed by atoms with van der Waals surface area (Å²) in [7, 11) is -1.53. The van der Waals surface area contributed by atoms with Crippen LogP contribution in [0.15, 0.2) is 70.5 Å². The van der Waals surface area contributed by atoms with E-state index < -0.39 is 16.0 Å². The van der Waals surface area contributed by atoms with E-state index in [9.17, 15) is 13.2 Å². The number of sulfonamides is 1. The lowest BCUT2D eigenvalue weighted by Crippen LogP contribution is -2.23. The van der Waals surface area contributed by atoms with Gasteiger partial charge >= 0.3 is 5.97 Å². The molecule has 0 spiro atoms. The molecule has 0 atom stereocenters. The average Bonchev–Trinajstić information content (AvgIpc) is 3.45. The van der Waals surface area contributed by atoms with Gasteiger partial charge in [0.1, 0.15) is 15.4 Å². The van der Waals surface area contributed by atoms with Crippen LogP contribution in [0.4, 0.5) is 0 Å². The summed E-state index contributed by atoms with van der Waals surface area (Å²) in [6.07, 6.45) is 8.33. The van der Waals surface area contributed by atoms with Gasteiger partial charge in [-0.2, -0.15) is 17.9 Å². The fraction of sp³-hybridized carbons (Fsp3) is 0.100. The summed E-state index contributed by atoms with van der Waals surface area (Å²) in [6.45, 7) is 0. The van der Waals surface area contributed by atoms with Gasteiger partial charge in [-0.05, 0) is 29.6 Å². The first kappa shape index (κ1) is 20.7. The van der Waals surface area contributed by atoms with Crippen LogP contribution in [0.1, 0.15) is 15.4 Å². The van der Waals surface area contributed by atoms with Crippen molar-refractivity contribution in [1.29, 1.82) is 0 Å². The Morgan fingerprint density at radius 3 is 2.81 bits per heavy atom. The third-order valence-corrected chi connectivity index (χ3v) is 7.22. The van der Waals surface area contributed by atoms with Crippen molar-refractivity contribution < 1.29 is 17.9 Å². The summed E-state index contributed by atoms with van der Waals surface area (Å²) < 4.78 is 33.0. The van der Waals surface area contributed by atoms with Crippen molar-refractivity contribution in [3.8, 4) is 11.1 Å². The van der Waals surface area contributed by atoms with E-state index in [1.54, 1.807) is 23.0 Å². The molecule has 0 amide bonds. The van der Waals surface area contributed by atoms with Crippen molar-refractivity contribution in [1.82, 2.24) is 18.8 Å². The van der Waals surface area contributed by atoms with E-state index in [1.165, 1.54) is 31.8 Å². The second kappa shape index (κ2) is 8.28. The minimum atomic E-state index is -4.03. The van der Waals surface area contributed by atoms with Gasteiger partial charge < -0.3 is 4.74 Å². The van der Waals surface area contributed by atoms with Crippen LogP contribution in [0.2, 0.25) is 0 Å². The Kier molecular flexibility index (Phi) is 5.53. The van der Waals surface area contributed by atoms with E-state index in [-0.39, 0.29) is 9.77 Å². The molecule has 0 aliphatic carbocycles. The third-order valence-electron chi connectivity index (χ3n) is 4.51. The first-order chi connectivity index (χ1) is 14.9. The summed E-state index contributed by atoms with van der Waals surface area (Å²) >= 11 is 0.992. The van der Waals surface area contributed by atoms with E-state index in [0.29, 0.717) is 11.3 Å². The fourth-order valence-corrected chi connectivity index (χ4v) is 5.15. The van der Waals surface area contributed by atoms with Crippen LogP contribution >= 0.6 is 11.3 Å². The lowest BCUT2D eigenvalue weighted by atomic mass is 10.1. The molecular weight excluding hydrogens is 438 g/mol. The first-order valence-electron chi connectivity index (χ1n) is 8.98. The molecule has 11 heteroatoms. The molecule has 0 aromatic carbocycles. The number of methoxy groups -OCH3 is 1. The molecule has 4 aromatic rings. The number of hydrogen-bond acceptors (Lipinski definition) is 8. The SMILES string of the molecule is COC(=O)c1sccc1S(=O)(=O)N(C)N=Cc1cnc2ccc(-c3cccnc3)cn12. The largest absolute Gasteiger partial charge is 0.465 e. The lowest BCUT2D eigenvalue weighted by molar-refractivity contribution is 0.0602. The van der Waals surface area contributed by atoms with E-state index in [1.807, 2.05) is 30.5 Å². The molecule has 4 heterocycles. The predicted octanol–water partition coefficient (Wildman–Crippen LogP) is 2.90. The Morgan fingerprint density at radius 1 is 1.23 bits per heavy atom. The van der Waals surface area contributed by atoms with Gasteiger partial charge in [0.05, 0.1) is 25.2 Å². The van der Waals surface area contributed by atoms with E-state index in [0.717, 1.165) is 26.9 Å². The maximum atomic E-state index is 12.9. The Balaban J connectivity index is 1.65. The van der Waals surface area contributed by atoms with Gasteiger partial charge in [-0.1, -0.05) is 6.07 Å². The van der Waals surface area contributed by atoms with Crippen LogP contribution in [0.5, 0.6) is 0 Å². The Labute approximate surface area is 182 Å². The van der Waals surface area contributed by atoms with E-state index in [2.05, 4.69) is 19.8 Å². The van der Waals surface area contributed by atoms with E-state index in [4.69, 9.17) is 0 Å². The number of fused-ring (bicyclic) bond motifs is 1. The molecule has 0 saturated heterocycles. The number of hydrazone groups is 1. The number of carbonyl (C=O) groups is 1. The number of ether oxygens (including phenoxy) is 1. The van der Waals surface area contributed by atoms with Gasteiger partial charge in [0, 0.05) is 36.8 Å². The van der Waals surface area contributed by atoms with Gasteiger partial charge in [0.25, 0.3) is 10.0 Å². The Morgan fingerprint density at radius 2 is 2.06 bits per heavy atom. The van der Waals surface area contributed by atoms with Gasteiger partial charge in [0.2, 0.25) is 0 Å². The zero-order chi connectivity index (χ0) is 22.0. The molecule has 0 aliphatic heterocycles. The number of thiophene rings is 1. The van der Waals surface area contributed by atoms with Crippen molar-refractivity contribution in [2.75, 3.05) is 14.2 Å². The van der Waals surface area contributed by atoms with Crippen molar-refractivity contribution in [2.45, 2.75) is 4.90 Å². The minimum Gasteiger partial charge on any atom is -0.465 e. The smallest absolute Gasteiger partial charge is 0.349 e. The number of hydrogen-bond donors (Lipinski definition) is 0. The van der Waals surface area contributed by atoms with Crippen LogP contribution in [0.3, 0.4) is 0 Å². The summed E-state index contributed by atoms with van der Waals surface area (Å²) in [5, 5.41) is 5.59. The second-order valence-corrected chi connectivity index (χ2v) is 9.19. The molecule has 9 nitrogen and oxygen atoms in total. The molecule has 0 aliphatic rings. The van der Waals surface area contributed by atoms with Crippen LogP contribution in [0, 0.1) is 0 Å². The minimum absolute atomic E-state index is 0.000431. The normalized spacial score (nSPS) is 11.8. The molecule has 31 heavy (non-hydrogen) atoms. The summed E-state index contributed by atoms with van der Waals surface area (Å²) in [5.41, 5.74) is 3.13. The van der Waals surface area contributed by atoms with Gasteiger partial charge in [-0.25, -0.2) is 9.78 Å².